The fraction of sp³-hybridized carbons (Fsp3) is 0.455. The maximum atomic E-state index is 11.4. The van der Waals surface area contributed by atoms with Gasteiger partial charge in [-0.15, -0.1) is 0 Å². The molecule has 5 heteroatoms. The molecule has 0 aliphatic heterocycles. The Balaban J connectivity index is 2.56. The van der Waals surface area contributed by atoms with Crippen LogP contribution in [-0.2, 0) is 4.74 Å². The van der Waals surface area contributed by atoms with Crippen LogP contribution in [0.3, 0.4) is 0 Å². The van der Waals surface area contributed by atoms with Crippen molar-refractivity contribution in [3.8, 4) is 5.75 Å². The van der Waals surface area contributed by atoms with Gasteiger partial charge in [-0.3, -0.25) is 5.32 Å². The summed E-state index contributed by atoms with van der Waals surface area (Å²) in [6.45, 7) is 5.40. The zero-order valence-corrected chi connectivity index (χ0v) is 9.90. The van der Waals surface area contributed by atoms with E-state index in [0.717, 1.165) is 0 Å². The van der Waals surface area contributed by atoms with Crippen LogP contribution in [0.5, 0.6) is 5.75 Å². The van der Waals surface area contributed by atoms with E-state index in [0.29, 0.717) is 11.6 Å². The summed E-state index contributed by atoms with van der Waals surface area (Å²) < 4.78 is 10.0. The molecule has 0 aliphatic carbocycles. The number of carbonyl (C=O) groups is 1. The second-order valence-corrected chi connectivity index (χ2v) is 4.21. The highest BCUT2D eigenvalue weighted by Gasteiger charge is 2.16. The van der Waals surface area contributed by atoms with Gasteiger partial charge < -0.3 is 9.47 Å². The highest BCUT2D eigenvalue weighted by Crippen LogP contribution is 2.13. The Morgan fingerprint density at radius 3 is 2.50 bits per heavy atom. The van der Waals surface area contributed by atoms with Crippen LogP contribution in [0.4, 0.5) is 10.6 Å². The lowest BCUT2D eigenvalue weighted by atomic mass is 10.2. The molecular formula is C11H16N2O3. The molecule has 0 aliphatic rings. The minimum Gasteiger partial charge on any atom is -0.495 e. The van der Waals surface area contributed by atoms with E-state index in [9.17, 15) is 4.79 Å². The van der Waals surface area contributed by atoms with Crippen molar-refractivity contribution in [1.29, 1.82) is 0 Å². The molecule has 1 heterocycles. The Morgan fingerprint density at radius 2 is 2.06 bits per heavy atom. The van der Waals surface area contributed by atoms with E-state index in [4.69, 9.17) is 9.47 Å². The number of methoxy groups -OCH3 is 1. The summed E-state index contributed by atoms with van der Waals surface area (Å²) in [5.41, 5.74) is -0.517. The maximum Gasteiger partial charge on any atom is 0.413 e. The second-order valence-electron chi connectivity index (χ2n) is 4.21. The van der Waals surface area contributed by atoms with Gasteiger partial charge in [0.15, 0.2) is 0 Å². The number of ether oxygens (including phenoxy) is 2. The molecule has 16 heavy (non-hydrogen) atoms. The maximum absolute atomic E-state index is 11.4. The van der Waals surface area contributed by atoms with E-state index >= 15 is 0 Å². The number of nitrogens with one attached hydrogen (secondary N) is 1. The van der Waals surface area contributed by atoms with Gasteiger partial charge in [0.1, 0.15) is 17.2 Å². The van der Waals surface area contributed by atoms with E-state index in [1.54, 1.807) is 40.0 Å². The van der Waals surface area contributed by atoms with Gasteiger partial charge in [0.2, 0.25) is 0 Å². The van der Waals surface area contributed by atoms with Crippen LogP contribution >= 0.6 is 0 Å². The number of carbonyl (C=O) groups excluding carboxylic acids is 1. The van der Waals surface area contributed by atoms with Crippen LogP contribution in [0.2, 0.25) is 0 Å². The normalized spacial score (nSPS) is 10.8. The Kier molecular flexibility index (Phi) is 3.71. The third-order valence-corrected chi connectivity index (χ3v) is 1.60. The predicted octanol–water partition coefficient (Wildman–Crippen LogP) is 2.44. The lowest BCUT2D eigenvalue weighted by molar-refractivity contribution is 0.0635. The average molecular weight is 224 g/mol. The van der Waals surface area contributed by atoms with Crippen LogP contribution < -0.4 is 10.1 Å². The number of anilines is 1. The third-order valence-electron chi connectivity index (χ3n) is 1.60. The topological polar surface area (TPSA) is 60.5 Å². The Hall–Kier alpha value is -1.78. The molecule has 88 valence electrons. The third kappa shape index (κ3) is 4.16. The van der Waals surface area contributed by atoms with E-state index in [1.807, 2.05) is 0 Å². The first-order valence-electron chi connectivity index (χ1n) is 4.91. The molecule has 0 fully saturated rings. The molecule has 1 aromatic heterocycles. The molecule has 1 aromatic rings. The number of amides is 1. The van der Waals surface area contributed by atoms with E-state index in [-0.39, 0.29) is 0 Å². The average Bonchev–Trinajstić information content (AvgIpc) is 2.16. The zero-order chi connectivity index (χ0) is 12.2. The largest absolute Gasteiger partial charge is 0.495 e. The Morgan fingerprint density at radius 1 is 1.38 bits per heavy atom. The zero-order valence-electron chi connectivity index (χ0n) is 9.90. The van der Waals surface area contributed by atoms with Gasteiger partial charge in [0, 0.05) is 0 Å². The summed E-state index contributed by atoms with van der Waals surface area (Å²) in [5.74, 6) is 1.06. The van der Waals surface area contributed by atoms with E-state index in [1.165, 1.54) is 6.20 Å². The first-order valence-corrected chi connectivity index (χ1v) is 4.91. The first-order chi connectivity index (χ1) is 7.40. The molecule has 0 radical (unpaired) electrons. The summed E-state index contributed by atoms with van der Waals surface area (Å²) in [5, 5.41) is 2.52. The van der Waals surface area contributed by atoms with E-state index in [2.05, 4.69) is 10.3 Å². The van der Waals surface area contributed by atoms with Crippen molar-refractivity contribution in [3.05, 3.63) is 18.3 Å². The van der Waals surface area contributed by atoms with Crippen LogP contribution in [0.15, 0.2) is 18.3 Å². The standard InChI is InChI=1S/C11H16N2O3/c1-11(2,3)16-10(14)13-9-6-5-8(15-4)7-12-9/h5-7H,1-4H3,(H,12,13,14). The van der Waals surface area contributed by atoms with Gasteiger partial charge in [-0.25, -0.2) is 9.78 Å². The summed E-state index contributed by atoms with van der Waals surface area (Å²) in [6, 6.07) is 3.35. The van der Waals surface area contributed by atoms with Gasteiger partial charge in [-0.2, -0.15) is 0 Å². The van der Waals surface area contributed by atoms with Crippen LogP contribution in [0.25, 0.3) is 0 Å². The lowest BCUT2D eigenvalue weighted by Gasteiger charge is -2.19. The van der Waals surface area contributed by atoms with Crippen molar-refractivity contribution >= 4 is 11.9 Å². The first kappa shape index (κ1) is 12.3. The number of aromatic nitrogens is 1. The molecule has 0 saturated carbocycles. The monoisotopic (exact) mass is 224 g/mol. The molecule has 0 aromatic carbocycles. The summed E-state index contributed by atoms with van der Waals surface area (Å²) in [7, 11) is 1.55. The smallest absolute Gasteiger partial charge is 0.413 e. The Labute approximate surface area is 94.8 Å². The van der Waals surface area contributed by atoms with Gasteiger partial charge in [0.25, 0.3) is 0 Å². The van der Waals surface area contributed by atoms with Gasteiger partial charge in [-0.05, 0) is 32.9 Å². The van der Waals surface area contributed by atoms with Gasteiger partial charge in [0.05, 0.1) is 13.3 Å². The minimum atomic E-state index is -0.523. The van der Waals surface area contributed by atoms with Crippen LogP contribution in [0.1, 0.15) is 20.8 Å². The molecule has 0 bridgehead atoms. The molecule has 1 amide bonds. The number of rotatable bonds is 2. The quantitative estimate of drug-likeness (QED) is 0.838. The number of hydrogen-bond acceptors (Lipinski definition) is 4. The van der Waals surface area contributed by atoms with Crippen LogP contribution in [0, 0.1) is 0 Å². The van der Waals surface area contributed by atoms with E-state index < -0.39 is 11.7 Å². The number of pyridine rings is 1. The van der Waals surface area contributed by atoms with Crippen molar-refractivity contribution in [2.45, 2.75) is 26.4 Å². The second kappa shape index (κ2) is 4.83. The Bertz CT molecular complexity index is 354. The fourth-order valence-electron chi connectivity index (χ4n) is 0.983. The molecule has 1 N–H and O–H groups in total. The van der Waals surface area contributed by atoms with Gasteiger partial charge in [-0.1, -0.05) is 0 Å². The molecule has 5 nitrogen and oxygen atoms in total. The summed E-state index contributed by atoms with van der Waals surface area (Å²) >= 11 is 0. The van der Waals surface area contributed by atoms with Crippen molar-refractivity contribution < 1.29 is 14.3 Å². The molecule has 0 saturated heterocycles. The van der Waals surface area contributed by atoms with Crippen molar-refractivity contribution in [2.75, 3.05) is 12.4 Å². The van der Waals surface area contributed by atoms with Crippen LogP contribution in [-0.4, -0.2) is 23.8 Å². The molecule has 0 unspecified atom stereocenters. The number of hydrogen-bond donors (Lipinski definition) is 1. The fourth-order valence-corrected chi connectivity index (χ4v) is 0.983. The summed E-state index contributed by atoms with van der Waals surface area (Å²) in [6.07, 6.45) is 0.998. The molecular weight excluding hydrogens is 208 g/mol. The minimum absolute atomic E-state index is 0.426. The SMILES string of the molecule is COc1ccc(NC(=O)OC(C)(C)C)nc1. The van der Waals surface area contributed by atoms with Gasteiger partial charge >= 0.3 is 6.09 Å². The van der Waals surface area contributed by atoms with Crippen molar-refractivity contribution in [3.63, 3.8) is 0 Å². The van der Waals surface area contributed by atoms with Crippen molar-refractivity contribution in [2.24, 2.45) is 0 Å². The molecule has 0 atom stereocenters. The molecule has 1 rings (SSSR count). The predicted molar refractivity (Wildman–Crippen MR) is 60.6 cm³/mol. The van der Waals surface area contributed by atoms with Crippen molar-refractivity contribution in [1.82, 2.24) is 4.98 Å². The summed E-state index contributed by atoms with van der Waals surface area (Å²) in [4.78, 5) is 15.4. The number of nitrogens with zero attached hydrogens (tertiary/aromatic N) is 1. The lowest BCUT2D eigenvalue weighted by Crippen LogP contribution is -2.27. The highest BCUT2D eigenvalue weighted by atomic mass is 16.6. The molecule has 0 spiro atoms. The highest BCUT2D eigenvalue weighted by molar-refractivity contribution is 5.83.